The molecule has 1 atom stereocenters. The van der Waals surface area contributed by atoms with Crippen LogP contribution in [-0.2, 0) is 16.1 Å². The molecule has 1 aromatic carbocycles. The lowest BCUT2D eigenvalue weighted by molar-refractivity contribution is -0.128. The molecule has 1 saturated heterocycles. The monoisotopic (exact) mass is 348 g/mol. The Hall–Kier alpha value is -2.47. The minimum absolute atomic E-state index is 0.0562. The highest BCUT2D eigenvalue weighted by molar-refractivity contribution is 6.32. The molecule has 24 heavy (non-hydrogen) atoms. The first kappa shape index (κ1) is 16.4. The maximum Gasteiger partial charge on any atom is 0.229 e. The van der Waals surface area contributed by atoms with E-state index in [-0.39, 0.29) is 18.2 Å². The van der Waals surface area contributed by atoms with Gasteiger partial charge >= 0.3 is 0 Å². The number of carbonyl (C=O) groups is 2. The molecular formula is C17H17ClN2O4. The molecule has 7 heteroatoms. The Labute approximate surface area is 144 Å². The fraction of sp³-hybridized carbons (Fsp3) is 0.294. The van der Waals surface area contributed by atoms with Crippen LogP contribution in [0.2, 0.25) is 5.02 Å². The van der Waals surface area contributed by atoms with E-state index in [1.165, 1.54) is 7.11 Å². The molecule has 0 bridgehead atoms. The summed E-state index contributed by atoms with van der Waals surface area (Å²) in [5.74, 6) is 0.584. The lowest BCUT2D eigenvalue weighted by atomic mass is 10.1. The minimum atomic E-state index is -0.395. The normalized spacial score (nSPS) is 17.2. The van der Waals surface area contributed by atoms with Gasteiger partial charge in [-0.3, -0.25) is 9.59 Å². The average molecular weight is 349 g/mol. The van der Waals surface area contributed by atoms with E-state index in [2.05, 4.69) is 5.32 Å². The number of halogens is 1. The topological polar surface area (TPSA) is 71.8 Å². The van der Waals surface area contributed by atoms with Crippen molar-refractivity contribution in [1.82, 2.24) is 4.90 Å². The second-order valence-electron chi connectivity index (χ2n) is 5.59. The van der Waals surface area contributed by atoms with Crippen LogP contribution in [0.3, 0.4) is 0 Å². The van der Waals surface area contributed by atoms with Gasteiger partial charge in [0.15, 0.2) is 0 Å². The zero-order chi connectivity index (χ0) is 17.1. The summed E-state index contributed by atoms with van der Waals surface area (Å²) in [6, 6.07) is 8.59. The molecule has 0 unspecified atom stereocenters. The molecular weight excluding hydrogens is 332 g/mol. The number of amides is 2. The van der Waals surface area contributed by atoms with Crippen molar-refractivity contribution in [1.29, 1.82) is 0 Å². The molecule has 1 aromatic heterocycles. The van der Waals surface area contributed by atoms with Crippen LogP contribution in [-0.4, -0.2) is 30.4 Å². The summed E-state index contributed by atoms with van der Waals surface area (Å²) < 4.78 is 10.3. The van der Waals surface area contributed by atoms with Crippen LogP contribution in [0, 0.1) is 5.92 Å². The van der Waals surface area contributed by atoms with Gasteiger partial charge in [-0.05, 0) is 30.3 Å². The zero-order valence-corrected chi connectivity index (χ0v) is 13.9. The van der Waals surface area contributed by atoms with Crippen LogP contribution in [0.5, 0.6) is 5.75 Å². The van der Waals surface area contributed by atoms with Crippen molar-refractivity contribution in [2.45, 2.75) is 13.0 Å². The molecule has 6 nitrogen and oxygen atoms in total. The molecule has 126 valence electrons. The highest BCUT2D eigenvalue weighted by Gasteiger charge is 2.34. The molecule has 1 aliphatic rings. The van der Waals surface area contributed by atoms with Gasteiger partial charge in [0.2, 0.25) is 11.8 Å². The van der Waals surface area contributed by atoms with Crippen molar-refractivity contribution in [2.24, 2.45) is 5.92 Å². The lowest BCUT2D eigenvalue weighted by Crippen LogP contribution is -2.27. The minimum Gasteiger partial charge on any atom is -0.495 e. The molecule has 0 radical (unpaired) electrons. The van der Waals surface area contributed by atoms with E-state index in [0.29, 0.717) is 35.3 Å². The number of nitrogens with one attached hydrogen (secondary N) is 1. The first-order valence-corrected chi connectivity index (χ1v) is 7.89. The number of furan rings is 1. The van der Waals surface area contributed by atoms with Crippen molar-refractivity contribution < 1.29 is 18.7 Å². The predicted molar refractivity (Wildman–Crippen MR) is 88.9 cm³/mol. The summed E-state index contributed by atoms with van der Waals surface area (Å²) in [6.45, 7) is 0.749. The Kier molecular flexibility index (Phi) is 4.76. The molecule has 2 amide bonds. The number of nitrogens with zero attached hydrogens (tertiary/aromatic N) is 1. The van der Waals surface area contributed by atoms with Crippen molar-refractivity contribution in [3.05, 3.63) is 47.4 Å². The van der Waals surface area contributed by atoms with E-state index in [1.54, 1.807) is 41.5 Å². The Morgan fingerprint density at radius 2 is 2.29 bits per heavy atom. The summed E-state index contributed by atoms with van der Waals surface area (Å²) in [5.41, 5.74) is 0.572. The number of anilines is 1. The van der Waals surface area contributed by atoms with Gasteiger partial charge in [-0.15, -0.1) is 0 Å². The summed E-state index contributed by atoms with van der Waals surface area (Å²) in [5, 5.41) is 3.21. The van der Waals surface area contributed by atoms with Gasteiger partial charge in [-0.1, -0.05) is 11.6 Å². The van der Waals surface area contributed by atoms with Gasteiger partial charge < -0.3 is 19.4 Å². The number of benzene rings is 1. The second-order valence-corrected chi connectivity index (χ2v) is 6.00. The molecule has 3 rings (SSSR count). The smallest absolute Gasteiger partial charge is 0.229 e. The SMILES string of the molecule is COc1ccc(NC(=O)[C@H]2CC(=O)N(Cc3ccco3)C2)cc1Cl. The third-order valence-electron chi connectivity index (χ3n) is 3.93. The zero-order valence-electron chi connectivity index (χ0n) is 13.1. The molecule has 2 heterocycles. The summed E-state index contributed by atoms with van der Waals surface area (Å²) >= 11 is 6.05. The Balaban J connectivity index is 1.61. The Bertz CT molecular complexity index is 745. The van der Waals surface area contributed by atoms with Crippen LogP contribution in [0.1, 0.15) is 12.2 Å². The number of ether oxygens (including phenoxy) is 1. The first-order valence-electron chi connectivity index (χ1n) is 7.51. The van der Waals surface area contributed by atoms with Crippen LogP contribution < -0.4 is 10.1 Å². The van der Waals surface area contributed by atoms with Crippen molar-refractivity contribution in [3.63, 3.8) is 0 Å². The van der Waals surface area contributed by atoms with Crippen molar-refractivity contribution in [2.75, 3.05) is 19.0 Å². The molecule has 2 aromatic rings. The van der Waals surface area contributed by atoms with Crippen LogP contribution >= 0.6 is 11.6 Å². The first-order chi connectivity index (χ1) is 11.6. The Morgan fingerprint density at radius 1 is 1.46 bits per heavy atom. The fourth-order valence-corrected chi connectivity index (χ4v) is 2.94. The molecule has 1 fully saturated rings. The van der Waals surface area contributed by atoms with Gasteiger partial charge in [0.1, 0.15) is 11.5 Å². The van der Waals surface area contributed by atoms with E-state index in [9.17, 15) is 9.59 Å². The summed E-state index contributed by atoms with van der Waals surface area (Å²) in [6.07, 6.45) is 1.75. The highest BCUT2D eigenvalue weighted by Crippen LogP contribution is 2.28. The molecule has 1 aliphatic heterocycles. The average Bonchev–Trinajstić information content (AvgIpc) is 3.18. The molecule has 0 spiro atoms. The van der Waals surface area contributed by atoms with Gasteiger partial charge in [-0.25, -0.2) is 0 Å². The molecule has 1 N–H and O–H groups in total. The molecule has 0 saturated carbocycles. The number of carbonyl (C=O) groups excluding carboxylic acids is 2. The van der Waals surface area contributed by atoms with Crippen molar-refractivity contribution >= 4 is 29.1 Å². The van der Waals surface area contributed by atoms with Crippen LogP contribution in [0.15, 0.2) is 41.0 Å². The standard InChI is InChI=1S/C17H17ClN2O4/c1-23-15-5-4-12(8-14(15)18)19-17(22)11-7-16(21)20(9-11)10-13-3-2-6-24-13/h2-6,8,11H,7,9-10H2,1H3,(H,19,22)/t11-/m0/s1. The van der Waals surface area contributed by atoms with Gasteiger partial charge in [0.05, 0.1) is 30.9 Å². The van der Waals surface area contributed by atoms with Crippen LogP contribution in [0.25, 0.3) is 0 Å². The van der Waals surface area contributed by atoms with E-state index in [1.807, 2.05) is 0 Å². The van der Waals surface area contributed by atoms with E-state index < -0.39 is 5.92 Å². The quantitative estimate of drug-likeness (QED) is 0.901. The van der Waals surface area contributed by atoms with E-state index in [0.717, 1.165) is 0 Å². The van der Waals surface area contributed by atoms with E-state index in [4.69, 9.17) is 20.8 Å². The summed E-state index contributed by atoms with van der Waals surface area (Å²) in [7, 11) is 1.53. The lowest BCUT2D eigenvalue weighted by Gasteiger charge is -2.15. The third kappa shape index (κ3) is 3.54. The maximum atomic E-state index is 12.4. The number of methoxy groups -OCH3 is 1. The van der Waals surface area contributed by atoms with Crippen LogP contribution in [0.4, 0.5) is 5.69 Å². The third-order valence-corrected chi connectivity index (χ3v) is 4.23. The largest absolute Gasteiger partial charge is 0.495 e. The number of likely N-dealkylation sites (tertiary alicyclic amines) is 1. The van der Waals surface area contributed by atoms with Gasteiger partial charge in [0, 0.05) is 18.7 Å². The fourth-order valence-electron chi connectivity index (χ4n) is 2.68. The summed E-state index contributed by atoms with van der Waals surface area (Å²) in [4.78, 5) is 26.1. The predicted octanol–water partition coefficient (Wildman–Crippen LogP) is 2.93. The highest BCUT2D eigenvalue weighted by atomic mass is 35.5. The number of rotatable bonds is 5. The maximum absolute atomic E-state index is 12.4. The van der Waals surface area contributed by atoms with Gasteiger partial charge in [-0.2, -0.15) is 0 Å². The second kappa shape index (κ2) is 6.97. The Morgan fingerprint density at radius 3 is 2.96 bits per heavy atom. The van der Waals surface area contributed by atoms with Crippen molar-refractivity contribution in [3.8, 4) is 5.75 Å². The number of hydrogen-bond acceptors (Lipinski definition) is 4. The number of hydrogen-bond donors (Lipinski definition) is 1. The van der Waals surface area contributed by atoms with E-state index >= 15 is 0 Å². The molecule has 0 aliphatic carbocycles. The van der Waals surface area contributed by atoms with Gasteiger partial charge in [0.25, 0.3) is 0 Å².